The van der Waals surface area contributed by atoms with Crippen LogP contribution in [-0.4, -0.2) is 42.4 Å². The van der Waals surface area contributed by atoms with Crippen LogP contribution in [0.2, 0.25) is 0 Å². The molecule has 1 fully saturated rings. The van der Waals surface area contributed by atoms with Crippen LogP contribution in [0.3, 0.4) is 0 Å². The van der Waals surface area contributed by atoms with Gasteiger partial charge in [0.2, 0.25) is 0 Å². The van der Waals surface area contributed by atoms with Crippen LogP contribution in [0.1, 0.15) is 12.8 Å². The van der Waals surface area contributed by atoms with Gasteiger partial charge in [0.05, 0.1) is 0 Å². The van der Waals surface area contributed by atoms with Crippen LogP contribution in [0.5, 0.6) is 0 Å². The molecule has 1 rings (SSSR count). The largest absolute Gasteiger partial charge is 0.438 e. The molecule has 0 bridgehead atoms. The smallest absolute Gasteiger partial charge is 0.325 e. The van der Waals surface area contributed by atoms with E-state index in [1.807, 2.05) is 11.9 Å². The van der Waals surface area contributed by atoms with Crippen molar-refractivity contribution in [2.24, 2.45) is 0 Å². The summed E-state index contributed by atoms with van der Waals surface area (Å²) in [5.74, 6) is -0.312. The molecule has 12 heavy (non-hydrogen) atoms. The Bertz CT molecular complexity index is 154. The molecule has 1 aliphatic heterocycles. The van der Waals surface area contributed by atoms with Crippen molar-refractivity contribution < 1.29 is 14.6 Å². The molecular formula is C7H14ClNO3. The van der Waals surface area contributed by atoms with Gasteiger partial charge in [0.15, 0.2) is 6.79 Å². The van der Waals surface area contributed by atoms with Crippen molar-refractivity contribution in [3.8, 4) is 0 Å². The number of rotatable bonds is 2. The third-order valence-corrected chi connectivity index (χ3v) is 2.00. The fourth-order valence-electron chi connectivity index (χ4n) is 1.37. The molecule has 0 aromatic carbocycles. The predicted molar refractivity (Wildman–Crippen MR) is 46.1 cm³/mol. The number of aliphatic hydroxyl groups is 1. The van der Waals surface area contributed by atoms with Crippen LogP contribution in [0, 0.1) is 0 Å². The normalized spacial score (nSPS) is 23.3. The minimum atomic E-state index is -0.511. The molecule has 0 aromatic rings. The fraction of sp³-hybridized carbons (Fsp3) is 0.857. The quantitative estimate of drug-likeness (QED) is 0.498. The fourth-order valence-corrected chi connectivity index (χ4v) is 1.37. The van der Waals surface area contributed by atoms with Crippen LogP contribution >= 0.6 is 12.4 Å². The summed E-state index contributed by atoms with van der Waals surface area (Å²) >= 11 is 0. The lowest BCUT2D eigenvalue weighted by Gasteiger charge is -2.16. The highest BCUT2D eigenvalue weighted by molar-refractivity contribution is 5.85. The molecule has 0 amide bonds. The van der Waals surface area contributed by atoms with Crippen LogP contribution in [-0.2, 0) is 9.53 Å². The Morgan fingerprint density at radius 3 is 2.83 bits per heavy atom. The minimum Gasteiger partial charge on any atom is -0.438 e. The van der Waals surface area contributed by atoms with E-state index in [-0.39, 0.29) is 24.4 Å². The van der Waals surface area contributed by atoms with E-state index in [4.69, 9.17) is 5.11 Å². The molecule has 1 unspecified atom stereocenters. The lowest BCUT2D eigenvalue weighted by atomic mass is 10.2. The first-order valence-corrected chi connectivity index (χ1v) is 3.73. The standard InChI is InChI=1S/C7H13NO3.ClH/c1-8-4-2-3-6(8)7(10)11-5-9;/h6,9H,2-5H2,1H3;1H. The van der Waals surface area contributed by atoms with Gasteiger partial charge in [-0.3, -0.25) is 9.69 Å². The number of hydrogen-bond acceptors (Lipinski definition) is 4. The van der Waals surface area contributed by atoms with E-state index < -0.39 is 6.79 Å². The monoisotopic (exact) mass is 195 g/mol. The first-order chi connectivity index (χ1) is 5.25. The van der Waals surface area contributed by atoms with Gasteiger partial charge in [-0.15, -0.1) is 12.4 Å². The second-order valence-electron chi connectivity index (χ2n) is 2.73. The van der Waals surface area contributed by atoms with Gasteiger partial charge in [-0.05, 0) is 26.4 Å². The molecule has 0 saturated carbocycles. The summed E-state index contributed by atoms with van der Waals surface area (Å²) in [7, 11) is 1.89. The van der Waals surface area contributed by atoms with E-state index in [0.29, 0.717) is 0 Å². The van der Waals surface area contributed by atoms with Crippen molar-refractivity contribution in [3.05, 3.63) is 0 Å². The SMILES string of the molecule is CN1CCCC1C(=O)OCO.Cl. The Hall–Kier alpha value is -0.320. The zero-order valence-electron chi connectivity index (χ0n) is 7.02. The molecule has 1 atom stereocenters. The highest BCUT2D eigenvalue weighted by Gasteiger charge is 2.28. The van der Waals surface area contributed by atoms with Crippen LogP contribution in [0.4, 0.5) is 0 Å². The molecule has 1 heterocycles. The van der Waals surface area contributed by atoms with Gasteiger partial charge in [0.1, 0.15) is 6.04 Å². The second kappa shape index (κ2) is 5.35. The van der Waals surface area contributed by atoms with Crippen molar-refractivity contribution in [2.45, 2.75) is 18.9 Å². The molecule has 0 spiro atoms. The van der Waals surface area contributed by atoms with Gasteiger partial charge >= 0.3 is 5.97 Å². The molecule has 5 heteroatoms. The molecule has 0 aromatic heterocycles. The van der Waals surface area contributed by atoms with Crippen LogP contribution in [0.15, 0.2) is 0 Å². The summed E-state index contributed by atoms with van der Waals surface area (Å²) in [6.07, 6.45) is 1.87. The zero-order valence-corrected chi connectivity index (χ0v) is 7.84. The number of carbonyl (C=O) groups is 1. The van der Waals surface area contributed by atoms with E-state index in [2.05, 4.69) is 4.74 Å². The second-order valence-corrected chi connectivity index (χ2v) is 2.73. The number of nitrogens with zero attached hydrogens (tertiary/aromatic N) is 1. The Morgan fingerprint density at radius 1 is 1.75 bits per heavy atom. The molecule has 1 N–H and O–H groups in total. The maximum atomic E-state index is 11.0. The first-order valence-electron chi connectivity index (χ1n) is 3.73. The zero-order chi connectivity index (χ0) is 8.27. The number of ether oxygens (including phenoxy) is 1. The van der Waals surface area contributed by atoms with Crippen molar-refractivity contribution in [2.75, 3.05) is 20.4 Å². The number of carbonyl (C=O) groups excluding carboxylic acids is 1. The van der Waals surface area contributed by atoms with Gasteiger partial charge in [0, 0.05) is 0 Å². The van der Waals surface area contributed by atoms with E-state index >= 15 is 0 Å². The summed E-state index contributed by atoms with van der Waals surface area (Å²) < 4.78 is 4.47. The summed E-state index contributed by atoms with van der Waals surface area (Å²) in [6, 6.07) is -0.137. The topological polar surface area (TPSA) is 49.8 Å². The lowest BCUT2D eigenvalue weighted by molar-refractivity contribution is -0.156. The summed E-state index contributed by atoms with van der Waals surface area (Å²) in [5.41, 5.74) is 0. The lowest BCUT2D eigenvalue weighted by Crippen LogP contribution is -2.34. The Balaban J connectivity index is 0.00000121. The summed E-state index contributed by atoms with van der Waals surface area (Å²) in [6.45, 7) is 0.425. The highest BCUT2D eigenvalue weighted by atomic mass is 35.5. The van der Waals surface area contributed by atoms with Crippen molar-refractivity contribution in [3.63, 3.8) is 0 Å². The Kier molecular flexibility index (Phi) is 5.20. The van der Waals surface area contributed by atoms with Crippen molar-refractivity contribution >= 4 is 18.4 Å². The van der Waals surface area contributed by atoms with E-state index in [0.717, 1.165) is 19.4 Å². The maximum Gasteiger partial charge on any atom is 0.325 e. The van der Waals surface area contributed by atoms with Gasteiger partial charge in [-0.2, -0.15) is 0 Å². The van der Waals surface area contributed by atoms with Crippen molar-refractivity contribution in [1.82, 2.24) is 4.90 Å². The van der Waals surface area contributed by atoms with Crippen LogP contribution in [0.25, 0.3) is 0 Å². The number of likely N-dealkylation sites (tertiary alicyclic amines) is 1. The third kappa shape index (κ3) is 2.62. The third-order valence-electron chi connectivity index (χ3n) is 2.00. The number of hydrogen-bond donors (Lipinski definition) is 1. The molecule has 0 aliphatic carbocycles. The Morgan fingerprint density at radius 2 is 2.42 bits per heavy atom. The van der Waals surface area contributed by atoms with Crippen molar-refractivity contribution in [1.29, 1.82) is 0 Å². The predicted octanol–water partition coefficient (Wildman–Crippen LogP) is -0.00460. The van der Waals surface area contributed by atoms with E-state index in [1.54, 1.807) is 0 Å². The van der Waals surface area contributed by atoms with Gasteiger partial charge in [-0.1, -0.05) is 0 Å². The average molecular weight is 196 g/mol. The first kappa shape index (κ1) is 11.7. The van der Waals surface area contributed by atoms with E-state index in [9.17, 15) is 4.79 Å². The molecule has 0 radical (unpaired) electrons. The molecule has 1 aliphatic rings. The summed E-state index contributed by atoms with van der Waals surface area (Å²) in [4.78, 5) is 13.0. The van der Waals surface area contributed by atoms with Gasteiger partial charge < -0.3 is 9.84 Å². The molecule has 4 nitrogen and oxygen atoms in total. The summed E-state index contributed by atoms with van der Waals surface area (Å²) in [5, 5.41) is 8.32. The van der Waals surface area contributed by atoms with Gasteiger partial charge in [-0.25, -0.2) is 0 Å². The molecular weight excluding hydrogens is 182 g/mol. The molecule has 1 saturated heterocycles. The van der Waals surface area contributed by atoms with Gasteiger partial charge in [0.25, 0.3) is 0 Å². The number of aliphatic hydroxyl groups excluding tert-OH is 1. The molecule has 72 valence electrons. The average Bonchev–Trinajstić information content (AvgIpc) is 2.36. The van der Waals surface area contributed by atoms with Crippen LogP contribution < -0.4 is 0 Å². The highest BCUT2D eigenvalue weighted by Crippen LogP contribution is 2.15. The minimum absolute atomic E-state index is 0. The maximum absolute atomic E-state index is 11.0. The Labute approximate surface area is 77.9 Å². The number of likely N-dealkylation sites (N-methyl/N-ethyl adjacent to an activating group) is 1. The van der Waals surface area contributed by atoms with E-state index in [1.165, 1.54) is 0 Å². The number of esters is 1. The number of halogens is 1.